The number of nitrogens with zero attached hydrogens (tertiary/aromatic N) is 1. The lowest BCUT2D eigenvalue weighted by atomic mass is 9.94. The summed E-state index contributed by atoms with van der Waals surface area (Å²) in [5.74, 6) is -4.38. The molecular weight excluding hydrogens is 480 g/mol. The quantitative estimate of drug-likeness (QED) is 0.275. The Bertz CT molecular complexity index is 1300. The van der Waals surface area contributed by atoms with Crippen molar-refractivity contribution in [1.29, 1.82) is 0 Å². The highest BCUT2D eigenvalue weighted by Gasteiger charge is 2.47. The minimum Gasteiger partial charge on any atom is -0.507 e. The average Bonchev–Trinajstić information content (AvgIpc) is 3.02. The van der Waals surface area contributed by atoms with Crippen molar-refractivity contribution in [1.82, 2.24) is 0 Å². The van der Waals surface area contributed by atoms with Gasteiger partial charge in [0.1, 0.15) is 5.76 Å². The zero-order valence-electron chi connectivity index (χ0n) is 17.2. The van der Waals surface area contributed by atoms with Crippen LogP contribution < -0.4 is 4.90 Å². The molecule has 4 nitrogen and oxygen atoms in total. The third-order valence-electron chi connectivity index (χ3n) is 5.42. The second-order valence-corrected chi connectivity index (χ2v) is 8.50. The van der Waals surface area contributed by atoms with Gasteiger partial charge in [-0.15, -0.1) is 0 Å². The van der Waals surface area contributed by atoms with Gasteiger partial charge in [-0.3, -0.25) is 14.5 Å². The lowest BCUT2D eigenvalue weighted by molar-refractivity contribution is -0.132. The van der Waals surface area contributed by atoms with Crippen LogP contribution in [-0.4, -0.2) is 16.8 Å². The Morgan fingerprint density at radius 2 is 1.72 bits per heavy atom. The number of anilines is 1. The lowest BCUT2D eigenvalue weighted by Crippen LogP contribution is -2.29. The first kappa shape index (κ1) is 21.9. The largest absolute Gasteiger partial charge is 0.507 e. The molecule has 1 amide bonds. The Balaban J connectivity index is 1.97. The number of ketones is 1. The van der Waals surface area contributed by atoms with Gasteiger partial charge in [0.15, 0.2) is 11.6 Å². The Kier molecular flexibility index (Phi) is 5.69. The number of hydrogen-bond acceptors (Lipinski definition) is 3. The first-order valence-corrected chi connectivity index (χ1v) is 10.6. The van der Waals surface area contributed by atoms with Crippen LogP contribution in [-0.2, 0) is 9.59 Å². The first-order valence-electron chi connectivity index (χ1n) is 9.78. The highest BCUT2D eigenvalue weighted by Crippen LogP contribution is 2.42. The van der Waals surface area contributed by atoms with E-state index in [1.807, 2.05) is 19.9 Å². The Hall–Kier alpha value is -3.32. The third-order valence-corrected chi connectivity index (χ3v) is 6.30. The molecule has 1 heterocycles. The number of benzene rings is 3. The highest BCUT2D eigenvalue weighted by atomic mass is 79.9. The minimum atomic E-state index is -1.14. The van der Waals surface area contributed by atoms with Crippen LogP contribution in [0.15, 0.2) is 70.7 Å². The molecule has 0 aliphatic carbocycles. The van der Waals surface area contributed by atoms with Crippen molar-refractivity contribution in [3.63, 3.8) is 0 Å². The van der Waals surface area contributed by atoms with E-state index in [0.29, 0.717) is 11.1 Å². The standard InChI is InChI=1S/C25H18BrF2NO3/c1-13-4-3-5-15(10-13)22-21(23(30)16-6-8-18(26)14(2)11-16)24(31)25(32)29(22)17-7-9-19(27)20(28)12-17/h3-12,22,30H,1-2H3/b23-21+. The molecule has 1 atom stereocenters. The van der Waals surface area contributed by atoms with Gasteiger partial charge in [0, 0.05) is 21.8 Å². The fourth-order valence-electron chi connectivity index (χ4n) is 3.84. The number of aliphatic hydroxyl groups is 1. The minimum absolute atomic E-state index is 0.0172. The maximum atomic E-state index is 14.0. The van der Waals surface area contributed by atoms with Crippen molar-refractivity contribution >= 4 is 39.1 Å². The molecule has 162 valence electrons. The fourth-order valence-corrected chi connectivity index (χ4v) is 4.08. The summed E-state index contributed by atoms with van der Waals surface area (Å²) in [4.78, 5) is 27.2. The van der Waals surface area contributed by atoms with Gasteiger partial charge < -0.3 is 5.11 Å². The molecule has 0 bridgehead atoms. The zero-order valence-corrected chi connectivity index (χ0v) is 18.8. The SMILES string of the molecule is Cc1cccc(C2/C(=C(\O)c3ccc(Br)c(C)c3)C(=O)C(=O)N2c2ccc(F)c(F)c2)c1. The number of amides is 1. The second-order valence-electron chi connectivity index (χ2n) is 7.65. The zero-order chi connectivity index (χ0) is 23.2. The van der Waals surface area contributed by atoms with Crippen molar-refractivity contribution in [3.05, 3.63) is 105 Å². The van der Waals surface area contributed by atoms with Crippen molar-refractivity contribution in [2.45, 2.75) is 19.9 Å². The van der Waals surface area contributed by atoms with Crippen LogP contribution >= 0.6 is 15.9 Å². The van der Waals surface area contributed by atoms with Gasteiger partial charge in [-0.05, 0) is 49.2 Å². The number of aliphatic hydroxyl groups excluding tert-OH is 1. The predicted molar refractivity (Wildman–Crippen MR) is 121 cm³/mol. The molecule has 0 aromatic heterocycles. The van der Waals surface area contributed by atoms with Gasteiger partial charge in [-0.2, -0.15) is 0 Å². The van der Waals surface area contributed by atoms with Crippen LogP contribution in [0.2, 0.25) is 0 Å². The summed E-state index contributed by atoms with van der Waals surface area (Å²) in [7, 11) is 0. The number of aryl methyl sites for hydroxylation is 2. The van der Waals surface area contributed by atoms with Crippen molar-refractivity contribution in [3.8, 4) is 0 Å². The molecule has 3 aromatic rings. The maximum absolute atomic E-state index is 14.0. The number of hydrogen-bond donors (Lipinski definition) is 1. The van der Waals surface area contributed by atoms with Crippen molar-refractivity contribution in [2.24, 2.45) is 0 Å². The molecule has 3 aromatic carbocycles. The van der Waals surface area contributed by atoms with E-state index in [1.54, 1.807) is 36.4 Å². The van der Waals surface area contributed by atoms with Crippen molar-refractivity contribution < 1.29 is 23.5 Å². The molecule has 1 N–H and O–H groups in total. The second kappa shape index (κ2) is 8.31. The predicted octanol–water partition coefficient (Wildman–Crippen LogP) is 5.97. The molecule has 1 unspecified atom stereocenters. The van der Waals surface area contributed by atoms with E-state index in [4.69, 9.17) is 0 Å². The molecule has 0 saturated carbocycles. The summed E-state index contributed by atoms with van der Waals surface area (Å²) in [6.45, 7) is 3.68. The molecular formula is C25H18BrF2NO3. The van der Waals surface area contributed by atoms with Crippen LogP contribution in [0, 0.1) is 25.5 Å². The number of carbonyl (C=O) groups excluding carboxylic acids is 2. The number of rotatable bonds is 3. The first-order chi connectivity index (χ1) is 15.2. The van der Waals surface area contributed by atoms with Gasteiger partial charge in [-0.1, -0.05) is 51.8 Å². The van der Waals surface area contributed by atoms with E-state index in [-0.39, 0.29) is 17.0 Å². The maximum Gasteiger partial charge on any atom is 0.300 e. The Labute approximate surface area is 191 Å². The summed E-state index contributed by atoms with van der Waals surface area (Å²) < 4.78 is 28.3. The number of Topliss-reactive ketones (excluding diaryl/α,β-unsaturated/α-hetero) is 1. The third kappa shape index (κ3) is 3.73. The van der Waals surface area contributed by atoms with Gasteiger partial charge >= 0.3 is 0 Å². The van der Waals surface area contributed by atoms with Gasteiger partial charge in [0.25, 0.3) is 11.7 Å². The molecule has 1 aliphatic rings. The number of carbonyl (C=O) groups is 2. The summed E-state index contributed by atoms with van der Waals surface area (Å²) >= 11 is 3.40. The van der Waals surface area contributed by atoms with Crippen molar-refractivity contribution in [2.75, 3.05) is 4.90 Å². The summed E-state index contributed by atoms with van der Waals surface area (Å²) in [5, 5.41) is 11.1. The average molecular weight is 498 g/mol. The monoisotopic (exact) mass is 497 g/mol. The molecule has 32 heavy (non-hydrogen) atoms. The van der Waals surface area contributed by atoms with E-state index >= 15 is 0 Å². The van der Waals surface area contributed by atoms with E-state index in [2.05, 4.69) is 15.9 Å². The van der Waals surface area contributed by atoms with Gasteiger partial charge in [0.05, 0.1) is 11.6 Å². The van der Waals surface area contributed by atoms with Crippen LogP contribution in [0.5, 0.6) is 0 Å². The highest BCUT2D eigenvalue weighted by molar-refractivity contribution is 9.10. The van der Waals surface area contributed by atoms with Crippen LogP contribution in [0.25, 0.3) is 5.76 Å². The van der Waals surface area contributed by atoms with E-state index < -0.39 is 29.4 Å². The molecule has 1 saturated heterocycles. The fraction of sp³-hybridized carbons (Fsp3) is 0.120. The van der Waals surface area contributed by atoms with Gasteiger partial charge in [0.2, 0.25) is 0 Å². The summed E-state index contributed by atoms with van der Waals surface area (Å²) in [6, 6.07) is 14.2. The van der Waals surface area contributed by atoms with Gasteiger partial charge in [-0.25, -0.2) is 8.78 Å². The topological polar surface area (TPSA) is 57.6 Å². The Morgan fingerprint density at radius 1 is 0.969 bits per heavy atom. The molecule has 1 aliphatic heterocycles. The smallest absolute Gasteiger partial charge is 0.300 e. The van der Waals surface area contributed by atoms with Crippen LogP contribution in [0.3, 0.4) is 0 Å². The molecule has 0 spiro atoms. The van der Waals surface area contributed by atoms with Crippen LogP contribution in [0.4, 0.5) is 14.5 Å². The van der Waals surface area contributed by atoms with E-state index in [0.717, 1.165) is 32.6 Å². The Morgan fingerprint density at radius 3 is 2.38 bits per heavy atom. The molecule has 0 radical (unpaired) electrons. The number of halogens is 3. The summed E-state index contributed by atoms with van der Waals surface area (Å²) in [5.41, 5.74) is 2.53. The lowest BCUT2D eigenvalue weighted by Gasteiger charge is -2.25. The molecule has 7 heteroatoms. The normalized spacial score (nSPS) is 17.8. The molecule has 4 rings (SSSR count). The molecule has 1 fully saturated rings. The van der Waals surface area contributed by atoms with E-state index in [9.17, 15) is 23.5 Å². The summed E-state index contributed by atoms with van der Waals surface area (Å²) in [6.07, 6.45) is 0. The van der Waals surface area contributed by atoms with Crippen LogP contribution in [0.1, 0.15) is 28.3 Å². The van der Waals surface area contributed by atoms with E-state index in [1.165, 1.54) is 6.07 Å².